The van der Waals surface area contributed by atoms with Crippen molar-refractivity contribution in [2.75, 3.05) is 0 Å². The van der Waals surface area contributed by atoms with Gasteiger partial charge >= 0.3 is 0 Å². The summed E-state index contributed by atoms with van der Waals surface area (Å²) in [4.78, 5) is 53.0. The fourth-order valence-electron chi connectivity index (χ4n) is 3.65. The Balaban J connectivity index is 1.63. The molecule has 2 aliphatic heterocycles. The Morgan fingerprint density at radius 3 is 2.37 bits per heavy atom. The van der Waals surface area contributed by atoms with E-state index in [2.05, 4.69) is 0 Å². The number of rotatable bonds is 3. The Morgan fingerprint density at radius 1 is 0.926 bits per heavy atom. The van der Waals surface area contributed by atoms with Crippen molar-refractivity contribution in [3.05, 3.63) is 70.8 Å². The van der Waals surface area contributed by atoms with Crippen LogP contribution in [0.25, 0.3) is 0 Å². The van der Waals surface area contributed by atoms with Crippen molar-refractivity contribution in [1.29, 1.82) is 0 Å². The van der Waals surface area contributed by atoms with Crippen LogP contribution in [-0.4, -0.2) is 39.5 Å². The molecule has 1 unspecified atom stereocenters. The van der Waals surface area contributed by atoms with Crippen molar-refractivity contribution in [2.45, 2.75) is 32.4 Å². The maximum Gasteiger partial charge on any atom is 0.262 e. The quantitative estimate of drug-likeness (QED) is 0.786. The summed E-state index contributed by atoms with van der Waals surface area (Å²) in [6, 6.07) is 13.3. The Bertz CT molecular complexity index is 967. The van der Waals surface area contributed by atoms with Crippen LogP contribution in [0.3, 0.4) is 0 Å². The zero-order valence-electron chi connectivity index (χ0n) is 14.8. The lowest BCUT2D eigenvalue weighted by atomic mass is 10.0. The van der Waals surface area contributed by atoms with Crippen molar-refractivity contribution in [3.8, 4) is 0 Å². The lowest BCUT2D eigenvalue weighted by Gasteiger charge is -2.34. The Labute approximate surface area is 156 Å². The minimum atomic E-state index is -0.945. The van der Waals surface area contributed by atoms with E-state index in [4.69, 9.17) is 0 Å². The predicted octanol–water partition coefficient (Wildman–Crippen LogP) is 2.31. The van der Waals surface area contributed by atoms with Crippen LogP contribution in [0.4, 0.5) is 0 Å². The summed E-state index contributed by atoms with van der Waals surface area (Å²) in [7, 11) is 0. The molecule has 6 nitrogen and oxygen atoms in total. The molecule has 4 rings (SSSR count). The minimum Gasteiger partial charge on any atom is -0.276 e. The molecule has 0 aliphatic carbocycles. The van der Waals surface area contributed by atoms with E-state index in [1.165, 1.54) is 0 Å². The summed E-state index contributed by atoms with van der Waals surface area (Å²) in [6.45, 7) is 1.98. The molecule has 0 radical (unpaired) electrons. The van der Waals surface area contributed by atoms with Crippen molar-refractivity contribution in [3.63, 3.8) is 0 Å². The molecule has 0 spiro atoms. The second kappa shape index (κ2) is 6.46. The van der Waals surface area contributed by atoms with E-state index in [0.29, 0.717) is 11.1 Å². The number of piperidine rings is 1. The standard InChI is InChI=1S/C21H18N2O4/c1-13-7-8-15-16(11-13)20(26)23(19(15)25)17-9-10-18(24)22(21(17)27)12-14-5-3-2-4-6-14/h2-8,11,17H,9-10,12H2,1H3. The molecule has 4 amide bonds. The van der Waals surface area contributed by atoms with Crippen LogP contribution in [0, 0.1) is 6.92 Å². The molecule has 2 heterocycles. The van der Waals surface area contributed by atoms with Gasteiger partial charge in [-0.1, -0.05) is 42.0 Å². The topological polar surface area (TPSA) is 74.8 Å². The molecule has 0 bridgehead atoms. The molecule has 1 atom stereocenters. The highest BCUT2D eigenvalue weighted by atomic mass is 16.2. The zero-order valence-corrected chi connectivity index (χ0v) is 14.8. The molecule has 2 aromatic rings. The number of carbonyl (C=O) groups is 4. The molecule has 0 aromatic heterocycles. The van der Waals surface area contributed by atoms with E-state index in [9.17, 15) is 19.2 Å². The first-order valence-electron chi connectivity index (χ1n) is 8.84. The number of hydrogen-bond donors (Lipinski definition) is 0. The van der Waals surface area contributed by atoms with Crippen molar-refractivity contribution >= 4 is 23.6 Å². The van der Waals surface area contributed by atoms with Gasteiger partial charge < -0.3 is 0 Å². The van der Waals surface area contributed by atoms with Crippen LogP contribution in [0.5, 0.6) is 0 Å². The summed E-state index contributed by atoms with van der Waals surface area (Å²) >= 11 is 0. The summed E-state index contributed by atoms with van der Waals surface area (Å²) in [5.74, 6) is -1.72. The monoisotopic (exact) mass is 362 g/mol. The highest BCUT2D eigenvalue weighted by Crippen LogP contribution is 2.30. The van der Waals surface area contributed by atoms with E-state index >= 15 is 0 Å². The van der Waals surface area contributed by atoms with Gasteiger partial charge in [0, 0.05) is 6.42 Å². The molecule has 136 valence electrons. The van der Waals surface area contributed by atoms with Crippen molar-refractivity contribution in [1.82, 2.24) is 9.80 Å². The van der Waals surface area contributed by atoms with Gasteiger partial charge in [-0.3, -0.25) is 29.0 Å². The Hall–Kier alpha value is -3.28. The van der Waals surface area contributed by atoms with Crippen LogP contribution in [0.1, 0.15) is 44.7 Å². The fourth-order valence-corrected chi connectivity index (χ4v) is 3.65. The number of likely N-dealkylation sites (tertiary alicyclic amines) is 1. The van der Waals surface area contributed by atoms with E-state index in [0.717, 1.165) is 20.9 Å². The number of carbonyl (C=O) groups excluding carboxylic acids is 4. The van der Waals surface area contributed by atoms with Gasteiger partial charge in [-0.15, -0.1) is 0 Å². The van der Waals surface area contributed by atoms with Crippen LogP contribution < -0.4 is 0 Å². The molecular formula is C21H18N2O4. The second-order valence-electron chi connectivity index (χ2n) is 6.89. The minimum absolute atomic E-state index is 0.121. The molecule has 2 aromatic carbocycles. The number of imide groups is 2. The largest absolute Gasteiger partial charge is 0.276 e. The molecule has 1 saturated heterocycles. The highest BCUT2D eigenvalue weighted by Gasteiger charge is 2.46. The van der Waals surface area contributed by atoms with Gasteiger partial charge in [0.2, 0.25) is 5.91 Å². The number of hydrogen-bond acceptors (Lipinski definition) is 4. The molecule has 2 aliphatic rings. The molecule has 0 saturated carbocycles. The smallest absolute Gasteiger partial charge is 0.262 e. The van der Waals surface area contributed by atoms with E-state index < -0.39 is 23.8 Å². The van der Waals surface area contributed by atoms with Gasteiger partial charge in [0.25, 0.3) is 17.7 Å². The van der Waals surface area contributed by atoms with E-state index in [1.807, 2.05) is 37.3 Å². The third-order valence-electron chi connectivity index (χ3n) is 5.05. The zero-order chi connectivity index (χ0) is 19.1. The van der Waals surface area contributed by atoms with Gasteiger partial charge in [-0.25, -0.2) is 0 Å². The SMILES string of the molecule is Cc1ccc2c(c1)C(=O)N(C1CCC(=O)N(Cc3ccccc3)C1=O)C2=O. The van der Waals surface area contributed by atoms with Crippen LogP contribution in [-0.2, 0) is 16.1 Å². The second-order valence-corrected chi connectivity index (χ2v) is 6.89. The molecular weight excluding hydrogens is 344 g/mol. The summed E-state index contributed by atoms with van der Waals surface area (Å²) < 4.78 is 0. The maximum absolute atomic E-state index is 13.0. The van der Waals surface area contributed by atoms with Gasteiger partial charge in [0.1, 0.15) is 6.04 Å². The summed E-state index contributed by atoms with van der Waals surface area (Å²) in [5, 5.41) is 0. The fraction of sp³-hybridized carbons (Fsp3) is 0.238. The number of benzene rings is 2. The highest BCUT2D eigenvalue weighted by molar-refractivity contribution is 6.23. The average molecular weight is 362 g/mol. The number of nitrogens with zero attached hydrogens (tertiary/aromatic N) is 2. The van der Waals surface area contributed by atoms with Gasteiger partial charge in [0.15, 0.2) is 0 Å². The lowest BCUT2D eigenvalue weighted by molar-refractivity contribution is -0.152. The van der Waals surface area contributed by atoms with E-state index in [1.54, 1.807) is 18.2 Å². The van der Waals surface area contributed by atoms with Crippen molar-refractivity contribution in [2.24, 2.45) is 0 Å². The Kier molecular flexibility index (Phi) is 4.11. The molecule has 27 heavy (non-hydrogen) atoms. The van der Waals surface area contributed by atoms with Gasteiger partial charge in [0.05, 0.1) is 17.7 Å². The van der Waals surface area contributed by atoms with Crippen LogP contribution >= 0.6 is 0 Å². The van der Waals surface area contributed by atoms with E-state index in [-0.39, 0.29) is 25.3 Å². The number of aryl methyl sites for hydroxylation is 1. The summed E-state index contributed by atoms with van der Waals surface area (Å²) in [6.07, 6.45) is 0.281. The number of fused-ring (bicyclic) bond motifs is 1. The number of amides is 4. The predicted molar refractivity (Wildman–Crippen MR) is 96.7 cm³/mol. The maximum atomic E-state index is 13.0. The first kappa shape index (κ1) is 17.1. The first-order chi connectivity index (χ1) is 13.0. The van der Waals surface area contributed by atoms with Gasteiger partial charge in [-0.2, -0.15) is 0 Å². The van der Waals surface area contributed by atoms with Gasteiger partial charge in [-0.05, 0) is 31.0 Å². The average Bonchev–Trinajstić information content (AvgIpc) is 2.90. The molecule has 0 N–H and O–H groups in total. The summed E-state index contributed by atoms with van der Waals surface area (Å²) in [5.41, 5.74) is 2.31. The molecule has 1 fully saturated rings. The Morgan fingerprint density at radius 2 is 1.63 bits per heavy atom. The van der Waals surface area contributed by atoms with Crippen LogP contribution in [0.15, 0.2) is 48.5 Å². The third kappa shape index (κ3) is 2.83. The third-order valence-corrected chi connectivity index (χ3v) is 5.05. The first-order valence-corrected chi connectivity index (χ1v) is 8.84. The molecule has 6 heteroatoms. The lowest BCUT2D eigenvalue weighted by Crippen LogP contribution is -2.55. The van der Waals surface area contributed by atoms with Crippen molar-refractivity contribution < 1.29 is 19.2 Å². The van der Waals surface area contributed by atoms with Crippen LogP contribution in [0.2, 0.25) is 0 Å². The normalized spacial score (nSPS) is 19.7.